The number of nitrogens with zero attached hydrogens (tertiary/aromatic N) is 2. The van der Waals surface area contributed by atoms with Gasteiger partial charge >= 0.3 is 0 Å². The van der Waals surface area contributed by atoms with E-state index < -0.39 is 0 Å². The molecule has 1 aromatic heterocycles. The maximum Gasteiger partial charge on any atom is 0.166 e. The Hall–Kier alpha value is -1.25. The standard InChI is InChI=1S/C18H22N2O/c21-16-3-1-2-15-14(16)10-19-17(20-15)18-7-11-4-12(8-18)6-13(5-11)9-18/h10-13H,1-9H2. The summed E-state index contributed by atoms with van der Waals surface area (Å²) in [5, 5.41) is 0. The van der Waals surface area contributed by atoms with Crippen LogP contribution in [0, 0.1) is 17.8 Å². The van der Waals surface area contributed by atoms with E-state index in [1.54, 1.807) is 0 Å². The first kappa shape index (κ1) is 12.3. The van der Waals surface area contributed by atoms with Crippen LogP contribution in [0.4, 0.5) is 0 Å². The van der Waals surface area contributed by atoms with Crippen molar-refractivity contribution in [3.63, 3.8) is 0 Å². The molecule has 0 aromatic carbocycles. The normalized spacial score (nSPS) is 40.4. The van der Waals surface area contributed by atoms with Crippen LogP contribution in [-0.2, 0) is 11.8 Å². The lowest BCUT2D eigenvalue weighted by Gasteiger charge is -2.56. The molecule has 0 amide bonds. The predicted molar refractivity (Wildman–Crippen MR) is 79.2 cm³/mol. The molecule has 0 saturated heterocycles. The second kappa shape index (κ2) is 4.15. The molecule has 4 fully saturated rings. The average Bonchev–Trinajstić information content (AvgIpc) is 2.46. The number of aryl methyl sites for hydroxylation is 1. The highest BCUT2D eigenvalue weighted by Gasteiger charge is 2.53. The van der Waals surface area contributed by atoms with Crippen molar-refractivity contribution in [2.75, 3.05) is 0 Å². The Bertz CT molecular complexity index is 586. The van der Waals surface area contributed by atoms with Gasteiger partial charge in [0.2, 0.25) is 0 Å². The highest BCUT2D eigenvalue weighted by Crippen LogP contribution is 2.60. The first-order valence-corrected chi connectivity index (χ1v) is 8.61. The number of fused-ring (bicyclic) bond motifs is 1. The zero-order valence-electron chi connectivity index (χ0n) is 12.5. The number of hydrogen-bond donors (Lipinski definition) is 0. The predicted octanol–water partition coefficient (Wildman–Crippen LogP) is 3.46. The molecule has 6 rings (SSSR count). The minimum absolute atomic E-state index is 0.244. The van der Waals surface area contributed by atoms with E-state index in [1.165, 1.54) is 38.5 Å². The van der Waals surface area contributed by atoms with Crippen molar-refractivity contribution in [2.45, 2.75) is 63.2 Å². The Labute approximate surface area is 125 Å². The number of carbonyl (C=O) groups excluding carboxylic acids is 1. The fourth-order valence-corrected chi connectivity index (χ4v) is 6.03. The zero-order chi connectivity index (χ0) is 14.0. The molecule has 0 radical (unpaired) electrons. The number of Topliss-reactive ketones (excluding diaryl/α,β-unsaturated/α-hetero) is 1. The second-order valence-corrected chi connectivity index (χ2v) is 8.03. The van der Waals surface area contributed by atoms with Gasteiger partial charge in [0.25, 0.3) is 0 Å². The van der Waals surface area contributed by atoms with Gasteiger partial charge in [0.1, 0.15) is 5.82 Å². The third-order valence-corrected chi connectivity index (χ3v) is 6.50. The van der Waals surface area contributed by atoms with Gasteiger partial charge in [0.15, 0.2) is 5.78 Å². The topological polar surface area (TPSA) is 42.9 Å². The molecule has 110 valence electrons. The minimum atomic E-state index is 0.244. The van der Waals surface area contributed by atoms with Gasteiger partial charge in [0, 0.05) is 18.0 Å². The first-order chi connectivity index (χ1) is 10.2. The van der Waals surface area contributed by atoms with Crippen LogP contribution in [-0.4, -0.2) is 15.8 Å². The molecule has 21 heavy (non-hydrogen) atoms. The summed E-state index contributed by atoms with van der Waals surface area (Å²) < 4.78 is 0. The molecule has 1 aromatic rings. The van der Waals surface area contributed by atoms with E-state index in [9.17, 15) is 4.79 Å². The average molecular weight is 282 g/mol. The maximum atomic E-state index is 12.0. The Kier molecular flexibility index (Phi) is 2.43. The third kappa shape index (κ3) is 1.75. The van der Waals surface area contributed by atoms with Gasteiger partial charge in [-0.05, 0) is 69.1 Å². The Morgan fingerprint density at radius 3 is 2.33 bits per heavy atom. The van der Waals surface area contributed by atoms with Crippen molar-refractivity contribution in [1.82, 2.24) is 9.97 Å². The number of carbonyl (C=O) groups is 1. The van der Waals surface area contributed by atoms with Gasteiger partial charge in [-0.15, -0.1) is 0 Å². The van der Waals surface area contributed by atoms with E-state index in [2.05, 4.69) is 0 Å². The lowest BCUT2D eigenvalue weighted by atomic mass is 9.49. The number of aromatic nitrogens is 2. The molecule has 4 bridgehead atoms. The first-order valence-electron chi connectivity index (χ1n) is 8.61. The monoisotopic (exact) mass is 282 g/mol. The molecule has 0 aliphatic heterocycles. The van der Waals surface area contributed by atoms with Crippen molar-refractivity contribution >= 4 is 5.78 Å². The van der Waals surface area contributed by atoms with E-state index in [4.69, 9.17) is 9.97 Å². The SMILES string of the molecule is O=C1CCCc2nc(C34CC5CC(CC(C5)C3)C4)ncc21. The van der Waals surface area contributed by atoms with Gasteiger partial charge in [0.05, 0.1) is 11.3 Å². The van der Waals surface area contributed by atoms with Gasteiger partial charge < -0.3 is 0 Å². The largest absolute Gasteiger partial charge is 0.294 e. The summed E-state index contributed by atoms with van der Waals surface area (Å²) in [6, 6.07) is 0. The van der Waals surface area contributed by atoms with Gasteiger partial charge in [-0.1, -0.05) is 0 Å². The van der Waals surface area contributed by atoms with E-state index in [1.807, 2.05) is 6.20 Å². The van der Waals surface area contributed by atoms with Gasteiger partial charge in [-0.2, -0.15) is 0 Å². The van der Waals surface area contributed by atoms with Crippen molar-refractivity contribution < 1.29 is 4.79 Å². The van der Waals surface area contributed by atoms with Crippen molar-refractivity contribution in [2.24, 2.45) is 17.8 Å². The highest BCUT2D eigenvalue weighted by molar-refractivity contribution is 5.97. The molecule has 3 heteroatoms. The molecule has 0 unspecified atom stereocenters. The van der Waals surface area contributed by atoms with Gasteiger partial charge in [-0.3, -0.25) is 4.79 Å². The van der Waals surface area contributed by atoms with Crippen LogP contribution in [0.3, 0.4) is 0 Å². The summed E-state index contributed by atoms with van der Waals surface area (Å²) in [4.78, 5) is 21.6. The summed E-state index contributed by atoms with van der Waals surface area (Å²) in [6.45, 7) is 0. The quantitative estimate of drug-likeness (QED) is 0.792. The summed E-state index contributed by atoms with van der Waals surface area (Å²) in [5.74, 6) is 4.07. The molecule has 0 N–H and O–H groups in total. The summed E-state index contributed by atoms with van der Waals surface area (Å²) in [7, 11) is 0. The molecule has 0 spiro atoms. The number of hydrogen-bond acceptors (Lipinski definition) is 3. The van der Waals surface area contributed by atoms with Gasteiger partial charge in [-0.25, -0.2) is 9.97 Å². The smallest absolute Gasteiger partial charge is 0.166 e. The lowest BCUT2D eigenvalue weighted by Crippen LogP contribution is -2.49. The molecule has 3 nitrogen and oxygen atoms in total. The number of ketones is 1. The summed E-state index contributed by atoms with van der Waals surface area (Å²) in [6.07, 6.45) is 12.7. The summed E-state index contributed by atoms with van der Waals surface area (Å²) in [5.41, 5.74) is 2.09. The van der Waals surface area contributed by atoms with Crippen LogP contribution in [0.5, 0.6) is 0 Å². The van der Waals surface area contributed by atoms with Crippen LogP contribution >= 0.6 is 0 Å². The molecule has 5 aliphatic carbocycles. The second-order valence-electron chi connectivity index (χ2n) is 8.03. The maximum absolute atomic E-state index is 12.0. The van der Waals surface area contributed by atoms with Crippen LogP contribution < -0.4 is 0 Å². The molecular weight excluding hydrogens is 260 g/mol. The lowest BCUT2D eigenvalue weighted by molar-refractivity contribution is -0.00954. The van der Waals surface area contributed by atoms with Crippen LogP contribution in [0.1, 0.15) is 73.2 Å². The molecule has 1 heterocycles. The van der Waals surface area contributed by atoms with Crippen LogP contribution in [0.25, 0.3) is 0 Å². The van der Waals surface area contributed by atoms with Crippen molar-refractivity contribution in [3.8, 4) is 0 Å². The zero-order valence-corrected chi connectivity index (χ0v) is 12.5. The fraction of sp³-hybridized carbons (Fsp3) is 0.722. The molecule has 4 saturated carbocycles. The van der Waals surface area contributed by atoms with E-state index >= 15 is 0 Å². The van der Waals surface area contributed by atoms with E-state index in [0.717, 1.165) is 47.7 Å². The molecule has 0 atom stereocenters. The Morgan fingerprint density at radius 2 is 1.67 bits per heavy atom. The highest BCUT2D eigenvalue weighted by atomic mass is 16.1. The van der Waals surface area contributed by atoms with Crippen molar-refractivity contribution in [1.29, 1.82) is 0 Å². The molecule has 5 aliphatic rings. The Morgan fingerprint density at radius 1 is 1.00 bits per heavy atom. The van der Waals surface area contributed by atoms with E-state index in [0.29, 0.717) is 6.42 Å². The summed E-state index contributed by atoms with van der Waals surface area (Å²) >= 11 is 0. The fourth-order valence-electron chi connectivity index (χ4n) is 6.03. The minimum Gasteiger partial charge on any atom is -0.294 e. The third-order valence-electron chi connectivity index (χ3n) is 6.50. The van der Waals surface area contributed by atoms with Crippen LogP contribution in [0.15, 0.2) is 6.20 Å². The van der Waals surface area contributed by atoms with E-state index in [-0.39, 0.29) is 11.2 Å². The van der Waals surface area contributed by atoms with Crippen LogP contribution in [0.2, 0.25) is 0 Å². The Balaban J connectivity index is 1.57. The number of rotatable bonds is 1. The molecular formula is C18H22N2O. The van der Waals surface area contributed by atoms with Crippen molar-refractivity contribution in [3.05, 3.63) is 23.3 Å².